The summed E-state index contributed by atoms with van der Waals surface area (Å²) in [5.41, 5.74) is 9.88. The zero-order chi connectivity index (χ0) is 13.4. The quantitative estimate of drug-likeness (QED) is 0.886. The van der Waals surface area contributed by atoms with Crippen LogP contribution in [0, 0.1) is 0 Å². The first-order valence-electron chi connectivity index (χ1n) is 7.00. The lowest BCUT2D eigenvalue weighted by atomic mass is 9.98. The topological polar surface area (TPSA) is 38.9 Å². The molecule has 3 heteroatoms. The second-order valence-electron chi connectivity index (χ2n) is 5.60. The van der Waals surface area contributed by atoms with Gasteiger partial charge in [-0.25, -0.2) is 4.98 Å². The minimum absolute atomic E-state index is 0.142. The molecule has 1 unspecified atom stereocenters. The fourth-order valence-corrected chi connectivity index (χ4v) is 3.76. The normalized spacial score (nSPS) is 18.6. The molecule has 0 aliphatic heterocycles. The number of nitrogens with two attached hydrogens (primary N) is 1. The van der Waals surface area contributed by atoms with Crippen LogP contribution in [0.15, 0.2) is 24.3 Å². The maximum atomic E-state index is 6.15. The van der Waals surface area contributed by atoms with Crippen molar-refractivity contribution in [3.8, 4) is 10.6 Å². The molecule has 2 N–H and O–H groups in total. The fourth-order valence-electron chi connectivity index (χ4n) is 2.59. The summed E-state index contributed by atoms with van der Waals surface area (Å²) < 4.78 is 0. The molecule has 1 atom stereocenters. The van der Waals surface area contributed by atoms with E-state index in [0.29, 0.717) is 5.92 Å². The van der Waals surface area contributed by atoms with Crippen LogP contribution >= 0.6 is 11.3 Å². The number of fused-ring (bicyclic) bond motifs is 1. The van der Waals surface area contributed by atoms with Crippen molar-refractivity contribution < 1.29 is 0 Å². The summed E-state index contributed by atoms with van der Waals surface area (Å²) in [6, 6.07) is 8.93. The number of rotatable bonds is 2. The number of benzene rings is 1. The molecule has 100 valence electrons. The highest BCUT2D eigenvalue weighted by atomic mass is 32.1. The van der Waals surface area contributed by atoms with E-state index in [-0.39, 0.29) is 6.04 Å². The lowest BCUT2D eigenvalue weighted by Gasteiger charge is -2.15. The van der Waals surface area contributed by atoms with Gasteiger partial charge in [-0.1, -0.05) is 38.1 Å². The van der Waals surface area contributed by atoms with E-state index in [2.05, 4.69) is 38.1 Å². The van der Waals surface area contributed by atoms with Crippen LogP contribution in [-0.4, -0.2) is 4.98 Å². The highest BCUT2D eigenvalue weighted by Crippen LogP contribution is 2.36. The average Bonchev–Trinajstić information content (AvgIpc) is 2.84. The average molecular weight is 272 g/mol. The van der Waals surface area contributed by atoms with Crippen LogP contribution in [0.3, 0.4) is 0 Å². The summed E-state index contributed by atoms with van der Waals surface area (Å²) in [5.74, 6) is 0.576. The molecule has 0 radical (unpaired) electrons. The second kappa shape index (κ2) is 5.06. The van der Waals surface area contributed by atoms with Gasteiger partial charge in [-0.2, -0.15) is 0 Å². The number of hydrogen-bond acceptors (Lipinski definition) is 3. The monoisotopic (exact) mass is 272 g/mol. The predicted octanol–water partition coefficient (Wildman–Crippen LogP) is 4.27. The Morgan fingerprint density at radius 2 is 2.00 bits per heavy atom. The molecule has 0 saturated carbocycles. The van der Waals surface area contributed by atoms with E-state index in [0.717, 1.165) is 23.5 Å². The largest absolute Gasteiger partial charge is 0.323 e. The van der Waals surface area contributed by atoms with Gasteiger partial charge in [-0.15, -0.1) is 11.3 Å². The summed E-state index contributed by atoms with van der Waals surface area (Å²) in [6.07, 6.45) is 3.41. The van der Waals surface area contributed by atoms with Crippen molar-refractivity contribution in [1.82, 2.24) is 4.98 Å². The minimum atomic E-state index is 0.142. The van der Waals surface area contributed by atoms with Crippen molar-refractivity contribution >= 4 is 11.3 Å². The Kier molecular flexibility index (Phi) is 3.42. The molecule has 1 aliphatic carbocycles. The third-order valence-corrected chi connectivity index (χ3v) is 5.00. The van der Waals surface area contributed by atoms with E-state index in [1.807, 2.05) is 11.3 Å². The van der Waals surface area contributed by atoms with Crippen molar-refractivity contribution in [3.63, 3.8) is 0 Å². The molecule has 0 amide bonds. The first-order valence-corrected chi connectivity index (χ1v) is 7.82. The van der Waals surface area contributed by atoms with E-state index in [1.165, 1.54) is 22.4 Å². The molecule has 2 aromatic rings. The molecule has 1 aromatic heterocycles. The van der Waals surface area contributed by atoms with Crippen molar-refractivity contribution in [2.24, 2.45) is 5.73 Å². The Bertz CT molecular complexity index is 569. The molecule has 19 heavy (non-hydrogen) atoms. The van der Waals surface area contributed by atoms with Crippen molar-refractivity contribution in [2.75, 3.05) is 0 Å². The maximum absolute atomic E-state index is 6.15. The van der Waals surface area contributed by atoms with Crippen molar-refractivity contribution in [1.29, 1.82) is 0 Å². The summed E-state index contributed by atoms with van der Waals surface area (Å²) in [5, 5.41) is 1.12. The Morgan fingerprint density at radius 3 is 2.63 bits per heavy atom. The smallest absolute Gasteiger partial charge is 0.123 e. The molecule has 0 bridgehead atoms. The van der Waals surface area contributed by atoms with Crippen LogP contribution < -0.4 is 5.73 Å². The number of thiazole rings is 1. The summed E-state index contributed by atoms with van der Waals surface area (Å²) >= 11 is 1.82. The van der Waals surface area contributed by atoms with Gasteiger partial charge in [-0.05, 0) is 30.7 Å². The van der Waals surface area contributed by atoms with Gasteiger partial charge < -0.3 is 5.73 Å². The maximum Gasteiger partial charge on any atom is 0.123 e. The highest BCUT2D eigenvalue weighted by Gasteiger charge is 2.22. The molecule has 0 fully saturated rings. The Morgan fingerprint density at radius 1 is 1.26 bits per heavy atom. The molecule has 1 aromatic carbocycles. The van der Waals surface area contributed by atoms with Crippen LogP contribution in [0.2, 0.25) is 0 Å². The van der Waals surface area contributed by atoms with E-state index >= 15 is 0 Å². The van der Waals surface area contributed by atoms with Gasteiger partial charge in [0.05, 0.1) is 5.69 Å². The van der Waals surface area contributed by atoms with E-state index in [9.17, 15) is 0 Å². The second-order valence-corrected chi connectivity index (χ2v) is 6.69. The number of hydrogen-bond donors (Lipinski definition) is 1. The van der Waals surface area contributed by atoms with Crippen LogP contribution in [-0.2, 0) is 6.42 Å². The Balaban J connectivity index is 1.94. The summed E-state index contributed by atoms with van der Waals surface area (Å²) in [7, 11) is 0. The fraction of sp³-hybridized carbons (Fsp3) is 0.438. The van der Waals surface area contributed by atoms with Gasteiger partial charge in [0, 0.05) is 16.5 Å². The molecule has 1 aliphatic rings. The number of nitrogens with zero attached hydrogens (tertiary/aromatic N) is 1. The number of aromatic nitrogens is 1. The van der Waals surface area contributed by atoms with Crippen LogP contribution in [0.25, 0.3) is 10.6 Å². The van der Waals surface area contributed by atoms with Gasteiger partial charge in [0.2, 0.25) is 0 Å². The predicted molar refractivity (Wildman–Crippen MR) is 81.5 cm³/mol. The van der Waals surface area contributed by atoms with Crippen LogP contribution in [0.5, 0.6) is 0 Å². The number of aryl methyl sites for hydroxylation is 1. The summed E-state index contributed by atoms with van der Waals surface area (Å²) in [4.78, 5) is 6.16. The van der Waals surface area contributed by atoms with Gasteiger partial charge in [-0.3, -0.25) is 0 Å². The van der Waals surface area contributed by atoms with E-state index in [1.54, 1.807) is 0 Å². The molecule has 0 spiro atoms. The van der Waals surface area contributed by atoms with Crippen molar-refractivity contribution in [3.05, 3.63) is 40.4 Å². The lowest BCUT2D eigenvalue weighted by molar-refractivity contribution is 0.564. The minimum Gasteiger partial charge on any atom is -0.323 e. The molecule has 0 saturated heterocycles. The van der Waals surface area contributed by atoms with Gasteiger partial charge >= 0.3 is 0 Å². The SMILES string of the molecule is CC(C)c1ccc(-c2nc3c(s2)CCCC3N)cc1. The van der Waals surface area contributed by atoms with Crippen molar-refractivity contribution in [2.45, 2.75) is 45.1 Å². The zero-order valence-corrected chi connectivity index (χ0v) is 12.3. The van der Waals surface area contributed by atoms with Crippen LogP contribution in [0.4, 0.5) is 0 Å². The van der Waals surface area contributed by atoms with Crippen LogP contribution in [0.1, 0.15) is 54.8 Å². The van der Waals surface area contributed by atoms with E-state index in [4.69, 9.17) is 10.7 Å². The van der Waals surface area contributed by atoms with E-state index < -0.39 is 0 Å². The first kappa shape index (κ1) is 12.8. The Labute approximate surface area is 118 Å². The van der Waals surface area contributed by atoms with Gasteiger partial charge in [0.15, 0.2) is 0 Å². The third-order valence-electron chi connectivity index (χ3n) is 3.82. The first-order chi connectivity index (χ1) is 9.15. The summed E-state index contributed by atoms with van der Waals surface area (Å²) in [6.45, 7) is 4.44. The molecule has 3 rings (SSSR count). The standard InChI is InChI=1S/C16H20N2S/c1-10(2)11-6-8-12(9-7-11)16-18-15-13(17)4-3-5-14(15)19-16/h6-10,13H,3-5,17H2,1-2H3. The third kappa shape index (κ3) is 2.45. The molecule has 1 heterocycles. The Hall–Kier alpha value is -1.19. The lowest BCUT2D eigenvalue weighted by Crippen LogP contribution is -2.16. The molecule has 2 nitrogen and oxygen atoms in total. The molecular weight excluding hydrogens is 252 g/mol. The highest BCUT2D eigenvalue weighted by molar-refractivity contribution is 7.15. The van der Waals surface area contributed by atoms with Gasteiger partial charge in [0.25, 0.3) is 0 Å². The molecular formula is C16H20N2S. The van der Waals surface area contributed by atoms with Gasteiger partial charge in [0.1, 0.15) is 5.01 Å². The zero-order valence-electron chi connectivity index (χ0n) is 11.5.